The summed E-state index contributed by atoms with van der Waals surface area (Å²) < 4.78 is 2.31. The van der Waals surface area contributed by atoms with E-state index in [0.29, 0.717) is 22.5 Å². The summed E-state index contributed by atoms with van der Waals surface area (Å²) in [4.78, 5) is 15.2. The van der Waals surface area contributed by atoms with E-state index < -0.39 is 0 Å². The molecule has 1 aliphatic rings. The maximum atomic E-state index is 6.45. The summed E-state index contributed by atoms with van der Waals surface area (Å²) in [5.41, 5.74) is 11.1. The van der Waals surface area contributed by atoms with E-state index in [2.05, 4.69) is 128 Å². The molecule has 4 nitrogen and oxygen atoms in total. The van der Waals surface area contributed by atoms with Gasteiger partial charge in [0.05, 0.1) is 11.0 Å². The fourth-order valence-corrected chi connectivity index (χ4v) is 7.39. The molecular weight excluding hydrogens is 596 g/mol. The molecule has 0 spiro atoms. The number of nitrogens with zero attached hydrogens (tertiary/aromatic N) is 4. The Balaban J connectivity index is 1.26. The molecule has 8 aromatic rings. The predicted octanol–water partition coefficient (Wildman–Crippen LogP) is 10.9. The predicted molar refractivity (Wildman–Crippen MR) is 193 cm³/mol. The van der Waals surface area contributed by atoms with E-state index in [9.17, 15) is 0 Å². The minimum Gasteiger partial charge on any atom is -0.309 e. The van der Waals surface area contributed by atoms with Gasteiger partial charge in [0.15, 0.2) is 17.5 Å². The van der Waals surface area contributed by atoms with Crippen molar-refractivity contribution in [3.05, 3.63) is 156 Å². The summed E-state index contributed by atoms with van der Waals surface area (Å²) in [7, 11) is 0. The van der Waals surface area contributed by atoms with Crippen molar-refractivity contribution in [2.24, 2.45) is 0 Å². The van der Waals surface area contributed by atoms with E-state index in [4.69, 9.17) is 26.6 Å². The van der Waals surface area contributed by atoms with Crippen LogP contribution >= 0.6 is 11.6 Å². The quantitative estimate of drug-likeness (QED) is 0.196. The van der Waals surface area contributed by atoms with Crippen LogP contribution < -0.4 is 0 Å². The lowest BCUT2D eigenvalue weighted by Gasteiger charge is -2.21. The highest BCUT2D eigenvalue weighted by atomic mass is 35.5. The van der Waals surface area contributed by atoms with E-state index in [1.807, 2.05) is 30.3 Å². The number of para-hydroxylation sites is 2. The molecule has 0 radical (unpaired) electrons. The van der Waals surface area contributed by atoms with Gasteiger partial charge in [0.25, 0.3) is 0 Å². The van der Waals surface area contributed by atoms with E-state index in [-0.39, 0.29) is 5.41 Å². The Morgan fingerprint density at radius 2 is 1.11 bits per heavy atom. The molecule has 1 aliphatic carbocycles. The van der Waals surface area contributed by atoms with Crippen LogP contribution in [0, 0.1) is 0 Å². The molecule has 0 amide bonds. The van der Waals surface area contributed by atoms with Crippen LogP contribution in [0.15, 0.2) is 140 Å². The van der Waals surface area contributed by atoms with Gasteiger partial charge < -0.3 is 4.57 Å². The Bertz CT molecular complexity index is 2510. The zero-order valence-corrected chi connectivity index (χ0v) is 26.7. The lowest BCUT2D eigenvalue weighted by atomic mass is 9.82. The van der Waals surface area contributed by atoms with Gasteiger partial charge in [0, 0.05) is 43.6 Å². The van der Waals surface area contributed by atoms with Crippen molar-refractivity contribution in [1.82, 2.24) is 19.5 Å². The van der Waals surface area contributed by atoms with Crippen LogP contribution in [0.2, 0.25) is 5.02 Å². The molecule has 224 valence electrons. The van der Waals surface area contributed by atoms with Crippen LogP contribution in [-0.4, -0.2) is 19.5 Å². The van der Waals surface area contributed by atoms with Crippen LogP contribution in [-0.2, 0) is 5.41 Å². The first-order valence-electron chi connectivity index (χ1n) is 15.8. The van der Waals surface area contributed by atoms with E-state index in [1.165, 1.54) is 33.0 Å². The SMILES string of the molecule is CC1(C)c2ccccc2-c2ccc(-c3nc(-c4cccc(Cl)c4)nc(-c4ccc5c6ccccc6n(-c6ccccc6)c5c4)n3)cc21. The minimum absolute atomic E-state index is 0.135. The smallest absolute Gasteiger partial charge is 0.164 e. The molecule has 0 saturated heterocycles. The fourth-order valence-electron chi connectivity index (χ4n) is 7.20. The number of aromatic nitrogens is 4. The third kappa shape index (κ3) is 4.40. The molecule has 0 atom stereocenters. The molecule has 0 fully saturated rings. The first-order valence-corrected chi connectivity index (χ1v) is 16.2. The van der Waals surface area contributed by atoms with Crippen molar-refractivity contribution < 1.29 is 0 Å². The van der Waals surface area contributed by atoms with Gasteiger partial charge in [0.2, 0.25) is 0 Å². The van der Waals surface area contributed by atoms with Crippen LogP contribution in [0.3, 0.4) is 0 Å². The molecule has 47 heavy (non-hydrogen) atoms. The van der Waals surface area contributed by atoms with Crippen LogP contribution in [0.1, 0.15) is 25.0 Å². The summed E-state index contributed by atoms with van der Waals surface area (Å²) in [5.74, 6) is 1.82. The monoisotopic (exact) mass is 624 g/mol. The minimum atomic E-state index is -0.135. The van der Waals surface area contributed by atoms with Crippen LogP contribution in [0.5, 0.6) is 0 Å². The highest BCUT2D eigenvalue weighted by molar-refractivity contribution is 6.30. The van der Waals surface area contributed by atoms with Gasteiger partial charge in [-0.2, -0.15) is 0 Å². The van der Waals surface area contributed by atoms with Crippen LogP contribution in [0.25, 0.3) is 72.8 Å². The molecule has 6 aromatic carbocycles. The number of halogens is 1. The second-order valence-electron chi connectivity index (χ2n) is 12.7. The first kappa shape index (κ1) is 27.7. The normalized spacial score (nSPS) is 13.2. The van der Waals surface area contributed by atoms with E-state index in [1.54, 1.807) is 0 Å². The van der Waals surface area contributed by atoms with E-state index in [0.717, 1.165) is 33.4 Å². The lowest BCUT2D eigenvalue weighted by molar-refractivity contribution is 0.660. The average Bonchev–Trinajstić information content (AvgIpc) is 3.56. The van der Waals surface area contributed by atoms with Gasteiger partial charge in [-0.25, -0.2) is 15.0 Å². The second kappa shape index (κ2) is 10.5. The maximum absolute atomic E-state index is 6.45. The Morgan fingerprint density at radius 3 is 1.89 bits per heavy atom. The Hall–Kier alpha value is -5.58. The Kier molecular flexibility index (Phi) is 6.18. The molecule has 0 N–H and O–H groups in total. The average molecular weight is 625 g/mol. The summed E-state index contributed by atoms with van der Waals surface area (Å²) in [6.07, 6.45) is 0. The number of hydrogen-bond donors (Lipinski definition) is 0. The van der Waals surface area contributed by atoms with Gasteiger partial charge >= 0.3 is 0 Å². The summed E-state index contributed by atoms with van der Waals surface area (Å²) in [6, 6.07) is 48.5. The van der Waals surface area contributed by atoms with Gasteiger partial charge in [0.1, 0.15) is 0 Å². The molecule has 0 saturated carbocycles. The Labute approximate surface area is 278 Å². The van der Waals surface area contributed by atoms with Crippen LogP contribution in [0.4, 0.5) is 0 Å². The third-order valence-corrected chi connectivity index (χ3v) is 9.74. The highest BCUT2D eigenvalue weighted by Gasteiger charge is 2.35. The maximum Gasteiger partial charge on any atom is 0.164 e. The number of benzene rings is 6. The zero-order valence-electron chi connectivity index (χ0n) is 25.9. The molecule has 0 aliphatic heterocycles. The standard InChI is InChI=1S/C42H29ClN4/c1-42(2)35-17-8-6-15-31(35)32-21-19-27(24-36(32)42)40-44-39(26-11-10-12-29(43)23-26)45-41(46-40)28-20-22-34-33-16-7-9-18-37(33)47(38(34)25-28)30-13-4-3-5-14-30/h3-25H,1-2H3. The topological polar surface area (TPSA) is 43.6 Å². The molecule has 2 heterocycles. The van der Waals surface area contributed by atoms with Crippen molar-refractivity contribution in [2.75, 3.05) is 0 Å². The third-order valence-electron chi connectivity index (χ3n) is 9.51. The van der Waals surface area contributed by atoms with Crippen molar-refractivity contribution in [3.8, 4) is 51.0 Å². The van der Waals surface area contributed by atoms with Crippen molar-refractivity contribution in [3.63, 3.8) is 0 Å². The molecule has 9 rings (SSSR count). The molecule has 0 unspecified atom stereocenters. The molecule has 5 heteroatoms. The second-order valence-corrected chi connectivity index (χ2v) is 13.1. The molecule has 0 bridgehead atoms. The largest absolute Gasteiger partial charge is 0.309 e. The fraction of sp³-hybridized carbons (Fsp3) is 0.0714. The number of hydrogen-bond acceptors (Lipinski definition) is 3. The van der Waals surface area contributed by atoms with Gasteiger partial charge in [-0.05, 0) is 64.7 Å². The van der Waals surface area contributed by atoms with Gasteiger partial charge in [-0.1, -0.05) is 123 Å². The highest BCUT2D eigenvalue weighted by Crippen LogP contribution is 2.49. The first-order chi connectivity index (χ1) is 23.0. The molecular formula is C42H29ClN4. The number of fused-ring (bicyclic) bond motifs is 6. The van der Waals surface area contributed by atoms with Crippen molar-refractivity contribution in [1.29, 1.82) is 0 Å². The number of rotatable bonds is 4. The van der Waals surface area contributed by atoms with E-state index >= 15 is 0 Å². The van der Waals surface area contributed by atoms with Gasteiger partial charge in [-0.15, -0.1) is 0 Å². The summed E-state index contributed by atoms with van der Waals surface area (Å²) in [6.45, 7) is 4.58. The molecule has 2 aromatic heterocycles. The van der Waals surface area contributed by atoms with Gasteiger partial charge in [-0.3, -0.25) is 0 Å². The summed E-state index contributed by atoms with van der Waals surface area (Å²) in [5, 5.41) is 3.02. The zero-order chi connectivity index (χ0) is 31.7. The van der Waals surface area contributed by atoms with Crippen molar-refractivity contribution in [2.45, 2.75) is 19.3 Å². The lowest BCUT2D eigenvalue weighted by Crippen LogP contribution is -2.15. The Morgan fingerprint density at radius 1 is 0.489 bits per heavy atom. The summed E-state index contributed by atoms with van der Waals surface area (Å²) >= 11 is 6.45. The van der Waals surface area contributed by atoms with Crippen molar-refractivity contribution >= 4 is 33.4 Å².